The van der Waals surface area contributed by atoms with E-state index in [4.69, 9.17) is 4.74 Å². The molecular formula is C24H23N3O3. The third-order valence-corrected chi connectivity index (χ3v) is 5.42. The number of hydrogen-bond donors (Lipinski definition) is 1. The Morgan fingerprint density at radius 2 is 1.63 bits per heavy atom. The molecule has 0 spiro atoms. The molecule has 2 aromatic rings. The first kappa shape index (κ1) is 21.1. The summed E-state index contributed by atoms with van der Waals surface area (Å²) in [6.07, 6.45) is 2.96. The van der Waals surface area contributed by atoms with Crippen LogP contribution in [0, 0.1) is 22.7 Å². The number of amides is 1. The van der Waals surface area contributed by atoms with Gasteiger partial charge < -0.3 is 10.1 Å². The maximum atomic E-state index is 12.8. The van der Waals surface area contributed by atoms with Crippen LogP contribution in [0.15, 0.2) is 48.5 Å². The molecule has 1 saturated carbocycles. The Morgan fingerprint density at radius 3 is 2.30 bits per heavy atom. The largest absolute Gasteiger partial charge is 0.449 e. The number of ether oxygens (including phenoxy) is 1. The Balaban J connectivity index is 1.77. The standard InChI is InChI=1S/C24H23N3O3/c1-17(22(28)27-24(16-26)13-7-2-8-14-24)30-23(29)21-12-6-5-11-20(21)19-10-4-3-9-18(19)15-25/h3-6,9-12,17H,2,7-8,13-14H2,1H3,(H,27,28)/t17-/m1/s1. The predicted octanol–water partition coefficient (Wildman–Crippen LogP) is 4.11. The highest BCUT2D eigenvalue weighted by Crippen LogP contribution is 2.29. The molecule has 0 aromatic heterocycles. The number of benzene rings is 2. The normalized spacial score (nSPS) is 15.8. The van der Waals surface area contributed by atoms with Crippen molar-refractivity contribution in [2.45, 2.75) is 50.7 Å². The second-order valence-corrected chi connectivity index (χ2v) is 7.49. The SMILES string of the molecule is C[C@@H](OC(=O)c1ccccc1-c1ccccc1C#N)C(=O)NC1(C#N)CCCCC1. The summed E-state index contributed by atoms with van der Waals surface area (Å²) in [5.74, 6) is -1.14. The van der Waals surface area contributed by atoms with Gasteiger partial charge in [0.05, 0.1) is 23.3 Å². The van der Waals surface area contributed by atoms with Crippen LogP contribution in [0.5, 0.6) is 0 Å². The zero-order valence-corrected chi connectivity index (χ0v) is 16.9. The summed E-state index contributed by atoms with van der Waals surface area (Å²) in [6.45, 7) is 1.49. The van der Waals surface area contributed by atoms with Crippen molar-refractivity contribution < 1.29 is 14.3 Å². The highest BCUT2D eigenvalue weighted by molar-refractivity contribution is 5.99. The molecule has 1 aliphatic rings. The zero-order chi connectivity index (χ0) is 21.6. The van der Waals surface area contributed by atoms with E-state index in [2.05, 4.69) is 17.5 Å². The van der Waals surface area contributed by atoms with Gasteiger partial charge in [0.25, 0.3) is 5.91 Å². The maximum Gasteiger partial charge on any atom is 0.339 e. The fraction of sp³-hybridized carbons (Fsp3) is 0.333. The van der Waals surface area contributed by atoms with Crippen molar-refractivity contribution in [3.8, 4) is 23.3 Å². The lowest BCUT2D eigenvalue weighted by molar-refractivity contribution is -0.130. The second kappa shape index (κ2) is 9.24. The van der Waals surface area contributed by atoms with Gasteiger partial charge >= 0.3 is 5.97 Å². The number of nitrogens with zero attached hydrogens (tertiary/aromatic N) is 2. The molecule has 1 N–H and O–H groups in total. The van der Waals surface area contributed by atoms with Crippen LogP contribution in [0.25, 0.3) is 11.1 Å². The van der Waals surface area contributed by atoms with Crippen molar-refractivity contribution in [1.29, 1.82) is 10.5 Å². The summed E-state index contributed by atoms with van der Waals surface area (Å²) in [5.41, 5.74) is 1.01. The van der Waals surface area contributed by atoms with E-state index in [-0.39, 0.29) is 5.56 Å². The van der Waals surface area contributed by atoms with Crippen LogP contribution < -0.4 is 5.32 Å². The number of esters is 1. The Kier molecular flexibility index (Phi) is 6.49. The molecule has 1 amide bonds. The number of nitriles is 2. The molecule has 0 unspecified atom stereocenters. The quantitative estimate of drug-likeness (QED) is 0.759. The third-order valence-electron chi connectivity index (χ3n) is 5.42. The Morgan fingerprint density at radius 1 is 1.00 bits per heavy atom. The molecule has 0 saturated heterocycles. The van der Waals surface area contributed by atoms with Crippen LogP contribution in [-0.2, 0) is 9.53 Å². The molecule has 6 heteroatoms. The summed E-state index contributed by atoms with van der Waals surface area (Å²) < 4.78 is 5.42. The van der Waals surface area contributed by atoms with Crippen molar-refractivity contribution in [1.82, 2.24) is 5.32 Å². The molecule has 1 aliphatic carbocycles. The van der Waals surface area contributed by atoms with Gasteiger partial charge in [-0.2, -0.15) is 10.5 Å². The summed E-state index contributed by atoms with van der Waals surface area (Å²) in [4.78, 5) is 25.5. The van der Waals surface area contributed by atoms with E-state index >= 15 is 0 Å². The van der Waals surface area contributed by atoms with Gasteiger partial charge in [-0.15, -0.1) is 0 Å². The van der Waals surface area contributed by atoms with Crippen molar-refractivity contribution in [3.05, 3.63) is 59.7 Å². The van der Waals surface area contributed by atoms with Gasteiger partial charge in [0.2, 0.25) is 0 Å². The fourth-order valence-corrected chi connectivity index (χ4v) is 3.75. The Labute approximate surface area is 176 Å². The topological polar surface area (TPSA) is 103 Å². The van der Waals surface area contributed by atoms with Gasteiger partial charge in [-0.25, -0.2) is 4.79 Å². The van der Waals surface area contributed by atoms with Crippen LogP contribution in [0.1, 0.15) is 54.9 Å². The average molecular weight is 401 g/mol. The molecule has 2 aromatic carbocycles. The van der Waals surface area contributed by atoms with E-state index in [1.165, 1.54) is 6.92 Å². The summed E-state index contributed by atoms with van der Waals surface area (Å²) in [5, 5.41) is 21.7. The van der Waals surface area contributed by atoms with Crippen molar-refractivity contribution in [3.63, 3.8) is 0 Å². The summed E-state index contributed by atoms with van der Waals surface area (Å²) >= 11 is 0. The van der Waals surface area contributed by atoms with Crippen LogP contribution in [-0.4, -0.2) is 23.5 Å². The average Bonchev–Trinajstić information content (AvgIpc) is 2.79. The first-order valence-corrected chi connectivity index (χ1v) is 10.0. The lowest BCUT2D eigenvalue weighted by Crippen LogP contribution is -2.52. The molecule has 152 valence electrons. The van der Waals surface area contributed by atoms with E-state index in [0.717, 1.165) is 19.3 Å². The molecule has 0 heterocycles. The molecular weight excluding hydrogens is 378 g/mol. The molecule has 1 atom stereocenters. The Bertz CT molecular complexity index is 1030. The first-order chi connectivity index (χ1) is 14.5. The van der Waals surface area contributed by atoms with Gasteiger partial charge in [-0.1, -0.05) is 55.7 Å². The van der Waals surface area contributed by atoms with Crippen LogP contribution in [0.2, 0.25) is 0 Å². The highest BCUT2D eigenvalue weighted by atomic mass is 16.5. The minimum atomic E-state index is -1.05. The molecule has 0 aliphatic heterocycles. The minimum Gasteiger partial charge on any atom is -0.449 e. The van der Waals surface area contributed by atoms with Gasteiger partial charge in [0, 0.05) is 5.56 Å². The van der Waals surface area contributed by atoms with E-state index in [0.29, 0.717) is 29.5 Å². The third kappa shape index (κ3) is 4.50. The minimum absolute atomic E-state index is 0.271. The first-order valence-electron chi connectivity index (χ1n) is 10.0. The van der Waals surface area contributed by atoms with E-state index in [1.807, 2.05) is 0 Å². The summed E-state index contributed by atoms with van der Waals surface area (Å²) in [7, 11) is 0. The molecule has 1 fully saturated rings. The van der Waals surface area contributed by atoms with E-state index < -0.39 is 23.5 Å². The highest BCUT2D eigenvalue weighted by Gasteiger charge is 2.35. The van der Waals surface area contributed by atoms with Crippen molar-refractivity contribution in [2.24, 2.45) is 0 Å². The predicted molar refractivity (Wildman–Crippen MR) is 111 cm³/mol. The second-order valence-electron chi connectivity index (χ2n) is 7.49. The monoisotopic (exact) mass is 401 g/mol. The van der Waals surface area contributed by atoms with Crippen molar-refractivity contribution >= 4 is 11.9 Å². The number of hydrogen-bond acceptors (Lipinski definition) is 5. The van der Waals surface area contributed by atoms with Crippen LogP contribution >= 0.6 is 0 Å². The van der Waals surface area contributed by atoms with Crippen LogP contribution in [0.4, 0.5) is 0 Å². The molecule has 6 nitrogen and oxygen atoms in total. The molecule has 0 radical (unpaired) electrons. The number of carbonyl (C=O) groups is 2. The molecule has 30 heavy (non-hydrogen) atoms. The van der Waals surface area contributed by atoms with E-state index in [9.17, 15) is 20.1 Å². The maximum absolute atomic E-state index is 12.8. The lowest BCUT2D eigenvalue weighted by Gasteiger charge is -2.32. The van der Waals surface area contributed by atoms with Gasteiger partial charge in [-0.05, 0) is 37.5 Å². The molecule has 3 rings (SSSR count). The van der Waals surface area contributed by atoms with Gasteiger partial charge in [0.1, 0.15) is 5.54 Å². The van der Waals surface area contributed by atoms with Crippen molar-refractivity contribution in [2.75, 3.05) is 0 Å². The fourth-order valence-electron chi connectivity index (χ4n) is 3.75. The zero-order valence-electron chi connectivity index (χ0n) is 16.9. The smallest absolute Gasteiger partial charge is 0.339 e. The Hall–Kier alpha value is -3.64. The number of carbonyl (C=O) groups excluding carboxylic acids is 2. The molecule has 0 bridgehead atoms. The number of nitrogens with one attached hydrogen (secondary N) is 1. The lowest BCUT2D eigenvalue weighted by atomic mass is 9.83. The van der Waals surface area contributed by atoms with Gasteiger partial charge in [-0.3, -0.25) is 4.79 Å². The number of rotatable bonds is 5. The summed E-state index contributed by atoms with van der Waals surface area (Å²) in [6, 6.07) is 18.2. The van der Waals surface area contributed by atoms with Gasteiger partial charge in [0.15, 0.2) is 6.10 Å². The van der Waals surface area contributed by atoms with E-state index in [1.54, 1.807) is 48.5 Å². The van der Waals surface area contributed by atoms with Crippen LogP contribution in [0.3, 0.4) is 0 Å².